The van der Waals surface area contributed by atoms with Crippen molar-refractivity contribution < 1.29 is 22.8 Å². The fraction of sp³-hybridized carbons (Fsp3) is 0.500. The number of rotatable bonds is 3. The number of hydrogen-bond donors (Lipinski definition) is 1. The topological polar surface area (TPSA) is 101 Å². The van der Waals surface area contributed by atoms with Gasteiger partial charge in [-0.25, -0.2) is 13.2 Å². The average Bonchev–Trinajstić information content (AvgIpc) is 2.75. The number of aromatic carboxylic acids is 1. The van der Waals surface area contributed by atoms with E-state index < -0.39 is 16.0 Å². The minimum Gasteiger partial charge on any atom is -0.476 e. The predicted octanol–water partition coefficient (Wildman–Crippen LogP) is -0.0917. The van der Waals surface area contributed by atoms with Gasteiger partial charge in [0.2, 0.25) is 10.0 Å². The summed E-state index contributed by atoms with van der Waals surface area (Å²) in [4.78, 5) is 10.5. The van der Waals surface area contributed by atoms with Gasteiger partial charge in [-0.05, 0) is 6.42 Å². The van der Waals surface area contributed by atoms with Gasteiger partial charge < -0.3 is 9.63 Å². The SMILES string of the molecule is O=C(O)c1cc(CN2CCCS2(=O)=O)on1. The molecule has 88 valence electrons. The van der Waals surface area contributed by atoms with E-state index in [1.807, 2.05) is 0 Å². The van der Waals surface area contributed by atoms with E-state index in [-0.39, 0.29) is 23.8 Å². The van der Waals surface area contributed by atoms with E-state index in [1.165, 1.54) is 10.4 Å². The number of hydrogen-bond acceptors (Lipinski definition) is 5. The van der Waals surface area contributed by atoms with Crippen molar-refractivity contribution in [2.45, 2.75) is 13.0 Å². The van der Waals surface area contributed by atoms with Crippen LogP contribution in [0.5, 0.6) is 0 Å². The molecule has 0 spiro atoms. The van der Waals surface area contributed by atoms with E-state index in [1.54, 1.807) is 0 Å². The summed E-state index contributed by atoms with van der Waals surface area (Å²) in [5.74, 6) is -0.824. The normalized spacial score (nSPS) is 20.0. The summed E-state index contributed by atoms with van der Waals surface area (Å²) in [5.41, 5.74) is -0.216. The Morgan fingerprint density at radius 2 is 2.38 bits per heavy atom. The first kappa shape index (κ1) is 11.1. The van der Waals surface area contributed by atoms with Gasteiger partial charge in [0.1, 0.15) is 0 Å². The lowest BCUT2D eigenvalue weighted by Gasteiger charge is -2.10. The minimum absolute atomic E-state index is 0.0443. The van der Waals surface area contributed by atoms with Crippen LogP contribution >= 0.6 is 0 Å². The number of carboxylic acid groups (broad SMARTS) is 1. The number of carbonyl (C=O) groups is 1. The maximum Gasteiger partial charge on any atom is 0.358 e. The Bertz CT molecular complexity index is 506. The van der Waals surface area contributed by atoms with E-state index in [2.05, 4.69) is 5.16 Å². The molecule has 8 heteroatoms. The highest BCUT2D eigenvalue weighted by Crippen LogP contribution is 2.17. The van der Waals surface area contributed by atoms with Crippen molar-refractivity contribution in [3.8, 4) is 0 Å². The Kier molecular flexibility index (Phi) is 2.68. The van der Waals surface area contributed by atoms with Crippen molar-refractivity contribution in [1.29, 1.82) is 0 Å². The maximum atomic E-state index is 11.5. The van der Waals surface area contributed by atoms with Crippen LogP contribution in [-0.2, 0) is 16.6 Å². The summed E-state index contributed by atoms with van der Waals surface area (Å²) in [7, 11) is -3.20. The van der Waals surface area contributed by atoms with Crippen LogP contribution < -0.4 is 0 Å². The monoisotopic (exact) mass is 246 g/mol. The van der Waals surface area contributed by atoms with Crippen LogP contribution in [0.15, 0.2) is 10.6 Å². The van der Waals surface area contributed by atoms with Crippen molar-refractivity contribution >= 4 is 16.0 Å². The molecular weight excluding hydrogens is 236 g/mol. The molecule has 1 aliphatic heterocycles. The molecular formula is C8H10N2O5S. The summed E-state index contributed by atoms with van der Waals surface area (Å²) in [5, 5.41) is 11.9. The van der Waals surface area contributed by atoms with Crippen molar-refractivity contribution in [3.63, 3.8) is 0 Å². The largest absolute Gasteiger partial charge is 0.476 e. The van der Waals surface area contributed by atoms with Gasteiger partial charge in [0.15, 0.2) is 11.5 Å². The van der Waals surface area contributed by atoms with Gasteiger partial charge in [-0.15, -0.1) is 0 Å². The molecule has 0 radical (unpaired) electrons. The van der Waals surface area contributed by atoms with E-state index in [4.69, 9.17) is 9.63 Å². The Labute approximate surface area is 91.7 Å². The Balaban J connectivity index is 2.12. The molecule has 7 nitrogen and oxygen atoms in total. The summed E-state index contributed by atoms with van der Waals surface area (Å²) in [6.45, 7) is 0.480. The third kappa shape index (κ3) is 2.07. The van der Waals surface area contributed by atoms with Crippen LogP contribution in [0, 0.1) is 0 Å². The standard InChI is InChI=1S/C8H10N2O5S/c11-8(12)7-4-6(15-9-7)5-10-2-1-3-16(10,13)14/h4H,1-3,5H2,(H,11,12). The zero-order chi connectivity index (χ0) is 11.8. The summed E-state index contributed by atoms with van der Waals surface area (Å²) in [6.07, 6.45) is 0.586. The van der Waals surface area contributed by atoms with Gasteiger partial charge in [-0.2, -0.15) is 4.31 Å². The van der Waals surface area contributed by atoms with E-state index >= 15 is 0 Å². The highest BCUT2D eigenvalue weighted by atomic mass is 32.2. The second-order valence-corrected chi connectivity index (χ2v) is 5.58. The lowest BCUT2D eigenvalue weighted by atomic mass is 10.3. The van der Waals surface area contributed by atoms with Crippen LogP contribution in [0.1, 0.15) is 22.7 Å². The molecule has 0 atom stereocenters. The van der Waals surface area contributed by atoms with Crippen molar-refractivity contribution in [1.82, 2.24) is 9.46 Å². The predicted molar refractivity (Wildman–Crippen MR) is 52.3 cm³/mol. The lowest BCUT2D eigenvalue weighted by Crippen LogP contribution is -2.24. The third-order valence-electron chi connectivity index (χ3n) is 2.31. The fourth-order valence-electron chi connectivity index (χ4n) is 1.53. The minimum atomic E-state index is -3.20. The molecule has 0 unspecified atom stereocenters. The number of nitrogens with zero attached hydrogens (tertiary/aromatic N) is 2. The van der Waals surface area contributed by atoms with Crippen molar-refractivity contribution in [2.75, 3.05) is 12.3 Å². The molecule has 0 aromatic carbocycles. The summed E-state index contributed by atoms with van der Waals surface area (Å²) in [6, 6.07) is 1.23. The smallest absolute Gasteiger partial charge is 0.358 e. The first-order valence-electron chi connectivity index (χ1n) is 4.66. The van der Waals surface area contributed by atoms with Gasteiger partial charge in [0.25, 0.3) is 0 Å². The molecule has 16 heavy (non-hydrogen) atoms. The molecule has 1 aromatic heterocycles. The van der Waals surface area contributed by atoms with E-state index in [0.29, 0.717) is 13.0 Å². The molecule has 1 aromatic rings. The lowest BCUT2D eigenvalue weighted by molar-refractivity contribution is 0.0685. The Morgan fingerprint density at radius 1 is 1.62 bits per heavy atom. The molecule has 2 rings (SSSR count). The van der Waals surface area contributed by atoms with Crippen molar-refractivity contribution in [2.24, 2.45) is 0 Å². The molecule has 1 fully saturated rings. The van der Waals surface area contributed by atoms with Crippen molar-refractivity contribution in [3.05, 3.63) is 17.5 Å². The summed E-state index contributed by atoms with van der Waals surface area (Å²) < 4.78 is 28.9. The zero-order valence-electron chi connectivity index (χ0n) is 8.29. The molecule has 0 aliphatic carbocycles. The molecule has 0 amide bonds. The Morgan fingerprint density at radius 3 is 2.88 bits per heavy atom. The fourth-order valence-corrected chi connectivity index (χ4v) is 3.01. The molecule has 1 aliphatic rings. The second-order valence-electron chi connectivity index (χ2n) is 3.49. The second kappa shape index (κ2) is 3.87. The quantitative estimate of drug-likeness (QED) is 0.799. The average molecular weight is 246 g/mol. The van der Waals surface area contributed by atoms with Crippen LogP contribution in [0.3, 0.4) is 0 Å². The molecule has 1 N–H and O–H groups in total. The van der Waals surface area contributed by atoms with Crippen LogP contribution in [-0.4, -0.2) is 41.3 Å². The number of aromatic nitrogens is 1. The van der Waals surface area contributed by atoms with Crippen LogP contribution in [0.2, 0.25) is 0 Å². The number of carboxylic acids is 1. The van der Waals surface area contributed by atoms with Crippen LogP contribution in [0.25, 0.3) is 0 Å². The summed E-state index contributed by atoms with van der Waals surface area (Å²) >= 11 is 0. The van der Waals surface area contributed by atoms with Gasteiger partial charge >= 0.3 is 5.97 Å². The maximum absolute atomic E-state index is 11.5. The van der Waals surface area contributed by atoms with Crippen LogP contribution in [0.4, 0.5) is 0 Å². The first-order valence-corrected chi connectivity index (χ1v) is 6.27. The van der Waals surface area contributed by atoms with E-state index in [9.17, 15) is 13.2 Å². The van der Waals surface area contributed by atoms with Gasteiger partial charge in [0, 0.05) is 12.6 Å². The van der Waals surface area contributed by atoms with Gasteiger partial charge in [0.05, 0.1) is 12.3 Å². The molecule has 2 heterocycles. The number of sulfonamides is 1. The first-order chi connectivity index (χ1) is 7.49. The van der Waals surface area contributed by atoms with Gasteiger partial charge in [-0.1, -0.05) is 5.16 Å². The zero-order valence-corrected chi connectivity index (χ0v) is 9.11. The molecule has 0 saturated carbocycles. The van der Waals surface area contributed by atoms with E-state index in [0.717, 1.165) is 0 Å². The highest BCUT2D eigenvalue weighted by Gasteiger charge is 2.29. The highest BCUT2D eigenvalue weighted by molar-refractivity contribution is 7.89. The molecule has 1 saturated heterocycles. The molecule has 0 bridgehead atoms. The third-order valence-corrected chi connectivity index (χ3v) is 4.22. The Hall–Kier alpha value is -1.41. The van der Waals surface area contributed by atoms with Gasteiger partial charge in [-0.3, -0.25) is 0 Å².